The molecule has 2 aromatic heterocycles. The summed E-state index contributed by atoms with van der Waals surface area (Å²) in [5.74, 6) is 0. The predicted octanol–water partition coefficient (Wildman–Crippen LogP) is 5.62. The van der Waals surface area contributed by atoms with Gasteiger partial charge in [-0.15, -0.1) is 11.3 Å². The van der Waals surface area contributed by atoms with Gasteiger partial charge in [0.25, 0.3) is 0 Å². The maximum Gasteiger partial charge on any atom is 0.336 e. The summed E-state index contributed by atoms with van der Waals surface area (Å²) in [7, 11) is 0. The lowest BCUT2D eigenvalue weighted by Gasteiger charge is -2.15. The van der Waals surface area contributed by atoms with Crippen LogP contribution in [-0.4, -0.2) is 6.29 Å². The maximum absolute atomic E-state index is 12.1. The molecule has 128 valence electrons. The Balaban J connectivity index is 2.14. The summed E-state index contributed by atoms with van der Waals surface area (Å²) in [6, 6.07) is 15.1. The van der Waals surface area contributed by atoms with Crippen molar-refractivity contribution in [2.24, 2.45) is 0 Å². The molecule has 0 bridgehead atoms. The first kappa shape index (κ1) is 16.5. The molecule has 4 rings (SSSR count). The Kier molecular flexibility index (Phi) is 4.05. The molecule has 0 aliphatic heterocycles. The van der Waals surface area contributed by atoms with Crippen LogP contribution in [0.4, 0.5) is 0 Å². The lowest BCUT2D eigenvalue weighted by atomic mass is 9.91. The van der Waals surface area contributed by atoms with Gasteiger partial charge in [0.15, 0.2) is 6.29 Å². The van der Waals surface area contributed by atoms with Crippen molar-refractivity contribution in [3.63, 3.8) is 0 Å². The highest BCUT2D eigenvalue weighted by atomic mass is 32.1. The van der Waals surface area contributed by atoms with Crippen molar-refractivity contribution in [3.8, 4) is 21.6 Å². The first-order chi connectivity index (χ1) is 12.6. The molecule has 0 spiro atoms. The van der Waals surface area contributed by atoms with E-state index in [-0.39, 0.29) is 5.63 Å². The minimum atomic E-state index is -0.368. The van der Waals surface area contributed by atoms with Crippen molar-refractivity contribution in [3.05, 3.63) is 81.0 Å². The van der Waals surface area contributed by atoms with E-state index in [9.17, 15) is 9.59 Å². The van der Waals surface area contributed by atoms with Gasteiger partial charge in [-0.2, -0.15) is 0 Å². The van der Waals surface area contributed by atoms with Crippen molar-refractivity contribution in [2.45, 2.75) is 13.8 Å². The Labute approximate surface area is 154 Å². The molecule has 3 nitrogen and oxygen atoms in total. The third-order valence-corrected chi connectivity index (χ3v) is 5.56. The van der Waals surface area contributed by atoms with E-state index in [1.807, 2.05) is 61.7 Å². The molecule has 0 N–H and O–H groups in total. The quantitative estimate of drug-likeness (QED) is 0.352. The molecule has 4 heteroatoms. The van der Waals surface area contributed by atoms with Crippen LogP contribution < -0.4 is 5.63 Å². The van der Waals surface area contributed by atoms with E-state index in [4.69, 9.17) is 4.42 Å². The van der Waals surface area contributed by atoms with Crippen LogP contribution >= 0.6 is 11.3 Å². The molecular weight excluding hydrogens is 344 g/mol. The minimum absolute atomic E-state index is 0.368. The van der Waals surface area contributed by atoms with Crippen LogP contribution in [0.2, 0.25) is 0 Å². The van der Waals surface area contributed by atoms with Crippen LogP contribution in [-0.2, 0) is 0 Å². The van der Waals surface area contributed by atoms with Crippen molar-refractivity contribution in [1.82, 2.24) is 0 Å². The number of rotatable bonds is 3. The average molecular weight is 360 g/mol. The summed E-state index contributed by atoms with van der Waals surface area (Å²) < 4.78 is 5.49. The third kappa shape index (κ3) is 2.59. The first-order valence-electron chi connectivity index (χ1n) is 8.26. The van der Waals surface area contributed by atoms with E-state index < -0.39 is 0 Å². The Hall–Kier alpha value is -2.98. The summed E-state index contributed by atoms with van der Waals surface area (Å²) in [5.41, 5.74) is 5.71. The van der Waals surface area contributed by atoms with Gasteiger partial charge in [0, 0.05) is 27.5 Å². The molecule has 0 saturated carbocycles. The smallest absolute Gasteiger partial charge is 0.336 e. The number of fused-ring (bicyclic) bond motifs is 1. The lowest BCUT2D eigenvalue weighted by molar-refractivity contribution is 0.112. The van der Waals surface area contributed by atoms with E-state index in [1.54, 1.807) is 17.4 Å². The number of aryl methyl sites for hydroxylation is 2. The second kappa shape index (κ2) is 6.39. The van der Waals surface area contributed by atoms with E-state index in [0.717, 1.165) is 44.4 Å². The monoisotopic (exact) mass is 360 g/mol. The topological polar surface area (TPSA) is 47.3 Å². The molecule has 0 unspecified atom stereocenters. The average Bonchev–Trinajstić information content (AvgIpc) is 3.09. The number of thiophene rings is 1. The summed E-state index contributed by atoms with van der Waals surface area (Å²) in [6.45, 7) is 4.00. The molecule has 0 saturated heterocycles. The Morgan fingerprint density at radius 1 is 1.04 bits per heavy atom. The van der Waals surface area contributed by atoms with Crippen molar-refractivity contribution in [1.29, 1.82) is 0 Å². The molecule has 0 aliphatic rings. The Bertz CT molecular complexity index is 1180. The second-order valence-corrected chi connectivity index (χ2v) is 7.15. The van der Waals surface area contributed by atoms with Crippen LogP contribution in [0.3, 0.4) is 0 Å². The number of aldehydes is 1. The number of carbonyl (C=O) groups excluding carboxylic acids is 1. The van der Waals surface area contributed by atoms with Gasteiger partial charge in [0.05, 0.1) is 0 Å². The van der Waals surface area contributed by atoms with E-state index >= 15 is 0 Å². The normalized spacial score (nSPS) is 11.0. The van der Waals surface area contributed by atoms with E-state index in [1.165, 1.54) is 0 Å². The van der Waals surface area contributed by atoms with Gasteiger partial charge in [-0.1, -0.05) is 30.3 Å². The number of benzene rings is 2. The fraction of sp³-hybridized carbons (Fsp3) is 0.0909. The van der Waals surface area contributed by atoms with Gasteiger partial charge in [0.1, 0.15) is 5.58 Å². The zero-order chi connectivity index (χ0) is 18.3. The number of hydrogen-bond donors (Lipinski definition) is 0. The number of hydrogen-bond acceptors (Lipinski definition) is 4. The summed E-state index contributed by atoms with van der Waals surface area (Å²) in [6.07, 6.45) is 0.887. The standard InChI is InChI=1S/C22H16O3S/c1-13-10-18-21(14(2)20(13)22-16(12-23)8-9-26-22)17(11-19(24)25-18)15-6-4-3-5-7-15/h3-12H,1-2H3. The SMILES string of the molecule is Cc1cc2oc(=O)cc(-c3ccccc3)c2c(C)c1-c1sccc1C=O. The molecule has 0 radical (unpaired) electrons. The lowest BCUT2D eigenvalue weighted by Crippen LogP contribution is -2.01. The highest BCUT2D eigenvalue weighted by Gasteiger charge is 2.18. The van der Waals surface area contributed by atoms with Gasteiger partial charge in [-0.05, 0) is 53.6 Å². The fourth-order valence-corrected chi connectivity index (χ4v) is 4.53. The third-order valence-electron chi connectivity index (χ3n) is 4.61. The fourth-order valence-electron chi connectivity index (χ4n) is 3.50. The van der Waals surface area contributed by atoms with Crippen LogP contribution in [0.15, 0.2) is 63.1 Å². The van der Waals surface area contributed by atoms with Crippen LogP contribution in [0, 0.1) is 13.8 Å². The zero-order valence-electron chi connectivity index (χ0n) is 14.4. The van der Waals surface area contributed by atoms with Crippen LogP contribution in [0.5, 0.6) is 0 Å². The van der Waals surface area contributed by atoms with Crippen molar-refractivity contribution in [2.75, 3.05) is 0 Å². The van der Waals surface area contributed by atoms with Crippen LogP contribution in [0.25, 0.3) is 32.5 Å². The molecule has 0 atom stereocenters. The molecule has 0 fully saturated rings. The molecule has 26 heavy (non-hydrogen) atoms. The largest absolute Gasteiger partial charge is 0.423 e. The zero-order valence-corrected chi connectivity index (χ0v) is 15.2. The Morgan fingerprint density at radius 2 is 1.81 bits per heavy atom. The van der Waals surface area contributed by atoms with Gasteiger partial charge < -0.3 is 4.42 Å². The van der Waals surface area contributed by atoms with E-state index in [2.05, 4.69) is 0 Å². The summed E-state index contributed by atoms with van der Waals surface area (Å²) in [4.78, 5) is 24.5. The van der Waals surface area contributed by atoms with Gasteiger partial charge in [-0.25, -0.2) is 4.79 Å². The second-order valence-electron chi connectivity index (χ2n) is 6.23. The molecule has 0 amide bonds. The molecule has 2 aromatic carbocycles. The van der Waals surface area contributed by atoms with E-state index in [0.29, 0.717) is 11.1 Å². The predicted molar refractivity (Wildman–Crippen MR) is 106 cm³/mol. The van der Waals surface area contributed by atoms with Gasteiger partial charge in [0.2, 0.25) is 0 Å². The minimum Gasteiger partial charge on any atom is -0.423 e. The van der Waals surface area contributed by atoms with Gasteiger partial charge >= 0.3 is 5.63 Å². The van der Waals surface area contributed by atoms with Crippen molar-refractivity contribution >= 4 is 28.6 Å². The van der Waals surface area contributed by atoms with Gasteiger partial charge in [-0.3, -0.25) is 4.79 Å². The molecule has 0 aliphatic carbocycles. The highest BCUT2D eigenvalue weighted by Crippen LogP contribution is 2.40. The molecular formula is C22H16O3S. The van der Waals surface area contributed by atoms with Crippen molar-refractivity contribution < 1.29 is 9.21 Å². The summed E-state index contributed by atoms with van der Waals surface area (Å²) >= 11 is 1.55. The molecule has 4 aromatic rings. The van der Waals surface area contributed by atoms with Crippen LogP contribution in [0.1, 0.15) is 21.5 Å². The maximum atomic E-state index is 12.1. The summed E-state index contributed by atoms with van der Waals surface area (Å²) in [5, 5.41) is 2.83. The number of carbonyl (C=O) groups is 1. The Morgan fingerprint density at radius 3 is 2.54 bits per heavy atom. The molecule has 2 heterocycles. The first-order valence-corrected chi connectivity index (χ1v) is 9.14. The highest BCUT2D eigenvalue weighted by molar-refractivity contribution is 7.14.